The van der Waals surface area contributed by atoms with Crippen LogP contribution in [0.1, 0.15) is 36.5 Å². The number of anilines is 1. The Morgan fingerprint density at radius 2 is 2.20 bits per heavy atom. The molecule has 3 rings (SSSR count). The van der Waals surface area contributed by atoms with Crippen LogP contribution in [0.25, 0.3) is 0 Å². The van der Waals surface area contributed by atoms with Crippen molar-refractivity contribution < 1.29 is 19.1 Å². The Morgan fingerprint density at radius 1 is 1.40 bits per heavy atom. The van der Waals surface area contributed by atoms with Crippen LogP contribution in [0.3, 0.4) is 0 Å². The Balaban J connectivity index is 1.67. The van der Waals surface area contributed by atoms with Crippen LogP contribution >= 0.6 is 0 Å². The van der Waals surface area contributed by atoms with Gasteiger partial charge in [-0.15, -0.1) is 0 Å². The van der Waals surface area contributed by atoms with Crippen LogP contribution in [0.5, 0.6) is 0 Å². The second-order valence-corrected chi connectivity index (χ2v) is 6.71. The number of amides is 3. The second kappa shape index (κ2) is 6.79. The van der Waals surface area contributed by atoms with Gasteiger partial charge in [-0.05, 0) is 31.2 Å². The Morgan fingerprint density at radius 3 is 2.88 bits per heavy atom. The van der Waals surface area contributed by atoms with Crippen LogP contribution < -0.4 is 11.1 Å². The molecule has 3 N–H and O–H groups in total. The fourth-order valence-electron chi connectivity index (χ4n) is 3.56. The van der Waals surface area contributed by atoms with Gasteiger partial charge in [0.1, 0.15) is 0 Å². The molecule has 8 nitrogen and oxygen atoms in total. The highest BCUT2D eigenvalue weighted by atomic mass is 16.5. The third-order valence-corrected chi connectivity index (χ3v) is 5.09. The van der Waals surface area contributed by atoms with E-state index in [1.54, 1.807) is 4.90 Å². The highest BCUT2D eigenvalue weighted by molar-refractivity contribution is 6.39. The Hall–Kier alpha value is -2.48. The summed E-state index contributed by atoms with van der Waals surface area (Å²) in [6.07, 6.45) is 5.34. The smallest absolute Gasteiger partial charge is 0.313 e. The van der Waals surface area contributed by atoms with Crippen LogP contribution in [0.15, 0.2) is 18.5 Å². The molecule has 0 bridgehead atoms. The first-order valence-corrected chi connectivity index (χ1v) is 8.40. The first-order chi connectivity index (χ1) is 11.9. The summed E-state index contributed by atoms with van der Waals surface area (Å²) in [5.74, 6) is -1.65. The number of nitrogens with two attached hydrogens (primary N) is 1. The molecule has 1 aromatic rings. The molecule has 8 heteroatoms. The molecule has 1 unspecified atom stereocenters. The molecule has 2 saturated heterocycles. The molecule has 2 fully saturated rings. The van der Waals surface area contributed by atoms with E-state index in [0.717, 1.165) is 19.3 Å². The Bertz CT molecular complexity index is 708. The van der Waals surface area contributed by atoms with Crippen molar-refractivity contribution in [3.05, 3.63) is 24.0 Å². The molecule has 2 aliphatic heterocycles. The number of carbonyl (C=O) groups is 3. The third kappa shape index (κ3) is 3.48. The molecule has 2 aliphatic rings. The van der Waals surface area contributed by atoms with E-state index in [1.165, 1.54) is 18.5 Å². The van der Waals surface area contributed by atoms with Crippen molar-refractivity contribution in [2.24, 2.45) is 11.7 Å². The normalized spacial score (nSPS) is 25.8. The van der Waals surface area contributed by atoms with Gasteiger partial charge >= 0.3 is 11.8 Å². The van der Waals surface area contributed by atoms with Crippen molar-refractivity contribution >= 4 is 23.4 Å². The van der Waals surface area contributed by atoms with Crippen LogP contribution in [-0.2, 0) is 14.3 Å². The maximum atomic E-state index is 12.5. The van der Waals surface area contributed by atoms with Crippen molar-refractivity contribution in [3.8, 4) is 0 Å². The van der Waals surface area contributed by atoms with E-state index >= 15 is 0 Å². The summed E-state index contributed by atoms with van der Waals surface area (Å²) in [6.45, 7) is 3.78. The quantitative estimate of drug-likeness (QED) is 0.758. The molecular formula is C17H22N4O4. The summed E-state index contributed by atoms with van der Waals surface area (Å²) in [5, 5.41) is 2.48. The molecule has 0 aliphatic carbocycles. The van der Waals surface area contributed by atoms with Crippen LogP contribution in [0.4, 0.5) is 5.69 Å². The molecule has 134 valence electrons. The van der Waals surface area contributed by atoms with Gasteiger partial charge in [-0.1, -0.05) is 6.92 Å². The molecule has 25 heavy (non-hydrogen) atoms. The zero-order valence-electron chi connectivity index (χ0n) is 14.2. The Kier molecular flexibility index (Phi) is 4.71. The van der Waals surface area contributed by atoms with Gasteiger partial charge in [0.05, 0.1) is 29.6 Å². The van der Waals surface area contributed by atoms with Crippen molar-refractivity contribution in [2.45, 2.75) is 31.8 Å². The number of aromatic nitrogens is 1. The van der Waals surface area contributed by atoms with E-state index < -0.39 is 17.7 Å². The van der Waals surface area contributed by atoms with Crippen molar-refractivity contribution in [3.63, 3.8) is 0 Å². The predicted molar refractivity (Wildman–Crippen MR) is 89.7 cm³/mol. The molecule has 1 aromatic heterocycles. The fraction of sp³-hybridized carbons (Fsp3) is 0.529. The van der Waals surface area contributed by atoms with E-state index in [9.17, 15) is 14.4 Å². The lowest BCUT2D eigenvalue weighted by molar-refractivity contribution is -0.149. The van der Waals surface area contributed by atoms with Crippen molar-refractivity contribution in [1.82, 2.24) is 9.88 Å². The first kappa shape index (κ1) is 17.3. The third-order valence-electron chi connectivity index (χ3n) is 5.09. The molecule has 3 amide bonds. The van der Waals surface area contributed by atoms with E-state index in [0.29, 0.717) is 25.6 Å². The minimum Gasteiger partial charge on any atom is -0.373 e. The molecule has 3 heterocycles. The summed E-state index contributed by atoms with van der Waals surface area (Å²) in [7, 11) is 0. The van der Waals surface area contributed by atoms with E-state index in [2.05, 4.69) is 17.2 Å². The number of nitrogens with zero attached hydrogens (tertiary/aromatic N) is 2. The van der Waals surface area contributed by atoms with Gasteiger partial charge in [0.2, 0.25) is 5.91 Å². The number of hydrogen-bond acceptors (Lipinski definition) is 5. The lowest BCUT2D eigenvalue weighted by atomic mass is 9.82. The van der Waals surface area contributed by atoms with Crippen LogP contribution in [0.2, 0.25) is 0 Å². The summed E-state index contributed by atoms with van der Waals surface area (Å²) in [6, 6.07) is 1.39. The number of ether oxygens (including phenoxy) is 1. The number of nitrogens with one attached hydrogen (secondary N) is 1. The fourth-order valence-corrected chi connectivity index (χ4v) is 3.56. The highest BCUT2D eigenvalue weighted by Crippen LogP contribution is 2.39. The molecule has 1 spiro atoms. The van der Waals surface area contributed by atoms with Gasteiger partial charge in [0, 0.05) is 19.3 Å². The van der Waals surface area contributed by atoms with Crippen molar-refractivity contribution in [1.29, 1.82) is 0 Å². The van der Waals surface area contributed by atoms with E-state index in [-0.39, 0.29) is 16.9 Å². The predicted octanol–water partition coefficient (Wildman–Crippen LogP) is 0.537. The topological polar surface area (TPSA) is 115 Å². The first-order valence-electron chi connectivity index (χ1n) is 8.40. The van der Waals surface area contributed by atoms with Gasteiger partial charge in [-0.2, -0.15) is 0 Å². The van der Waals surface area contributed by atoms with Crippen molar-refractivity contribution in [2.75, 3.05) is 25.0 Å². The maximum Gasteiger partial charge on any atom is 0.313 e. The van der Waals surface area contributed by atoms with Crippen LogP contribution in [-0.4, -0.2) is 52.9 Å². The van der Waals surface area contributed by atoms with Gasteiger partial charge in [-0.3, -0.25) is 19.4 Å². The minimum atomic E-state index is -0.758. The largest absolute Gasteiger partial charge is 0.373 e. The van der Waals surface area contributed by atoms with Gasteiger partial charge < -0.3 is 20.7 Å². The number of pyridine rings is 1. The monoisotopic (exact) mass is 346 g/mol. The van der Waals surface area contributed by atoms with Gasteiger partial charge in [0.15, 0.2) is 0 Å². The number of piperidine rings is 1. The molecule has 0 radical (unpaired) electrons. The SMILES string of the molecule is C[C@H]1CCOC12CCCN(C(=O)C(=O)Nc1cncc(C(N)=O)c1)C2. The molecule has 0 aromatic carbocycles. The molecule has 2 atom stereocenters. The summed E-state index contributed by atoms with van der Waals surface area (Å²) in [5.41, 5.74) is 5.28. The number of likely N-dealkylation sites (tertiary alicyclic amines) is 1. The zero-order valence-corrected chi connectivity index (χ0v) is 14.2. The highest BCUT2D eigenvalue weighted by Gasteiger charge is 2.46. The average Bonchev–Trinajstić information content (AvgIpc) is 2.94. The minimum absolute atomic E-state index is 0.162. The number of primary amides is 1. The summed E-state index contributed by atoms with van der Waals surface area (Å²) in [4.78, 5) is 41.4. The number of carbonyl (C=O) groups excluding carboxylic acids is 3. The molecule has 0 saturated carbocycles. The average molecular weight is 346 g/mol. The second-order valence-electron chi connectivity index (χ2n) is 6.71. The maximum absolute atomic E-state index is 12.5. The Labute approximate surface area is 145 Å². The van der Waals surface area contributed by atoms with Gasteiger partial charge in [0.25, 0.3) is 0 Å². The standard InChI is InChI=1S/C17H22N4O4/c1-11-3-6-25-17(11)4-2-5-21(10-17)16(24)15(23)20-13-7-12(14(18)22)8-19-9-13/h7-9,11H,2-6,10H2,1H3,(H2,18,22)(H,20,23)/t11-,17?/m0/s1. The molecular weight excluding hydrogens is 324 g/mol. The lowest BCUT2D eigenvalue weighted by Gasteiger charge is -2.42. The summed E-state index contributed by atoms with van der Waals surface area (Å²) < 4.78 is 5.93. The van der Waals surface area contributed by atoms with E-state index in [4.69, 9.17) is 10.5 Å². The van der Waals surface area contributed by atoms with Crippen LogP contribution in [0, 0.1) is 5.92 Å². The number of rotatable bonds is 2. The van der Waals surface area contributed by atoms with E-state index in [1.807, 2.05) is 0 Å². The lowest BCUT2D eigenvalue weighted by Crippen LogP contribution is -2.54. The number of hydrogen-bond donors (Lipinski definition) is 2. The van der Waals surface area contributed by atoms with Gasteiger partial charge in [-0.25, -0.2) is 0 Å². The zero-order chi connectivity index (χ0) is 18.0. The summed E-state index contributed by atoms with van der Waals surface area (Å²) >= 11 is 0.